The molecule has 1 aliphatic heterocycles. The first-order chi connectivity index (χ1) is 6.47. The van der Waals surface area contributed by atoms with E-state index in [0.717, 1.165) is 0 Å². The molecule has 3 atom stereocenters. The van der Waals surface area contributed by atoms with Crippen molar-refractivity contribution in [3.63, 3.8) is 0 Å². The Labute approximate surface area is 81.8 Å². The molecule has 1 aliphatic rings. The lowest BCUT2D eigenvalue weighted by Crippen LogP contribution is -2.56. The Balaban J connectivity index is 2.51. The normalized spacial score (nSPS) is 38.0. The van der Waals surface area contributed by atoms with E-state index in [9.17, 15) is 15.0 Å². The van der Waals surface area contributed by atoms with Gasteiger partial charge in [0, 0.05) is 14.0 Å². The second-order valence-electron chi connectivity index (χ2n) is 3.31. The summed E-state index contributed by atoms with van der Waals surface area (Å²) in [5.74, 6) is -1.99. The highest BCUT2D eigenvalue weighted by atomic mass is 16.8. The Morgan fingerprint density at radius 1 is 1.71 bits per heavy atom. The van der Waals surface area contributed by atoms with E-state index in [1.165, 1.54) is 14.0 Å². The van der Waals surface area contributed by atoms with E-state index < -0.39 is 18.1 Å². The van der Waals surface area contributed by atoms with Crippen molar-refractivity contribution in [2.24, 2.45) is 0 Å². The van der Waals surface area contributed by atoms with Crippen LogP contribution >= 0.6 is 0 Å². The van der Waals surface area contributed by atoms with Gasteiger partial charge >= 0.3 is 0 Å². The molecule has 6 nitrogen and oxygen atoms in total. The molecule has 1 heterocycles. The molecule has 6 heteroatoms. The highest BCUT2D eigenvalue weighted by Gasteiger charge is 2.40. The highest BCUT2D eigenvalue weighted by molar-refractivity contribution is 5.73. The van der Waals surface area contributed by atoms with Crippen molar-refractivity contribution in [3.05, 3.63) is 0 Å². The summed E-state index contributed by atoms with van der Waals surface area (Å²) in [6.45, 7) is 1.37. The first-order valence-electron chi connectivity index (χ1n) is 4.33. The molecule has 0 saturated carbocycles. The van der Waals surface area contributed by atoms with E-state index in [0.29, 0.717) is 0 Å². The molecular formula is C8H15NO5. The molecule has 1 saturated heterocycles. The van der Waals surface area contributed by atoms with Crippen LogP contribution in [0.5, 0.6) is 0 Å². The van der Waals surface area contributed by atoms with Gasteiger partial charge in [0.05, 0.1) is 25.2 Å². The number of hydrogen-bond acceptors (Lipinski definition) is 5. The van der Waals surface area contributed by atoms with Crippen molar-refractivity contribution < 1.29 is 24.5 Å². The van der Waals surface area contributed by atoms with Crippen LogP contribution in [0.2, 0.25) is 0 Å². The number of hydrogen-bond donors (Lipinski definition) is 3. The zero-order valence-corrected chi connectivity index (χ0v) is 8.19. The van der Waals surface area contributed by atoms with Crippen LogP contribution in [0, 0.1) is 0 Å². The minimum Gasteiger partial charge on any atom is -0.391 e. The quantitative estimate of drug-likeness (QED) is 0.481. The SMILES string of the molecule is COC1(O)CC(O)C(NC(C)=O)CO1. The molecule has 0 bridgehead atoms. The van der Waals surface area contributed by atoms with Gasteiger partial charge in [0.15, 0.2) is 0 Å². The van der Waals surface area contributed by atoms with Gasteiger partial charge in [-0.15, -0.1) is 0 Å². The summed E-state index contributed by atoms with van der Waals surface area (Å²) in [6, 6.07) is -0.497. The maximum Gasteiger partial charge on any atom is 0.282 e. The van der Waals surface area contributed by atoms with Gasteiger partial charge in [-0.25, -0.2) is 0 Å². The van der Waals surface area contributed by atoms with E-state index in [1.807, 2.05) is 0 Å². The molecule has 1 fully saturated rings. The molecule has 14 heavy (non-hydrogen) atoms. The number of aliphatic hydroxyl groups is 2. The third-order valence-corrected chi connectivity index (χ3v) is 2.13. The van der Waals surface area contributed by atoms with Gasteiger partial charge in [-0.1, -0.05) is 0 Å². The first kappa shape index (κ1) is 11.4. The Morgan fingerprint density at radius 2 is 2.36 bits per heavy atom. The Kier molecular flexibility index (Phi) is 3.43. The summed E-state index contributed by atoms with van der Waals surface area (Å²) in [4.78, 5) is 10.7. The average Bonchev–Trinajstić information content (AvgIpc) is 2.10. The molecule has 1 amide bonds. The van der Waals surface area contributed by atoms with Crippen LogP contribution in [-0.2, 0) is 14.3 Å². The van der Waals surface area contributed by atoms with Gasteiger partial charge < -0.3 is 25.0 Å². The van der Waals surface area contributed by atoms with Crippen LogP contribution in [0.25, 0.3) is 0 Å². The van der Waals surface area contributed by atoms with Crippen molar-refractivity contribution in [2.75, 3.05) is 13.7 Å². The van der Waals surface area contributed by atoms with Crippen molar-refractivity contribution in [2.45, 2.75) is 31.5 Å². The molecule has 3 unspecified atom stereocenters. The number of ether oxygens (including phenoxy) is 2. The third kappa shape index (κ3) is 2.65. The van der Waals surface area contributed by atoms with E-state index in [-0.39, 0.29) is 18.9 Å². The number of aliphatic hydroxyl groups excluding tert-OH is 1. The van der Waals surface area contributed by atoms with Crippen molar-refractivity contribution >= 4 is 5.91 Å². The zero-order chi connectivity index (χ0) is 10.8. The number of rotatable bonds is 2. The fraction of sp³-hybridized carbons (Fsp3) is 0.875. The molecule has 3 N–H and O–H groups in total. The van der Waals surface area contributed by atoms with Crippen LogP contribution < -0.4 is 5.32 Å². The lowest BCUT2D eigenvalue weighted by Gasteiger charge is -2.37. The van der Waals surface area contributed by atoms with Crippen LogP contribution in [0.3, 0.4) is 0 Å². The van der Waals surface area contributed by atoms with Crippen LogP contribution in [0.1, 0.15) is 13.3 Å². The van der Waals surface area contributed by atoms with Gasteiger partial charge in [0.25, 0.3) is 5.97 Å². The molecular weight excluding hydrogens is 190 g/mol. The number of nitrogens with one attached hydrogen (secondary N) is 1. The van der Waals surface area contributed by atoms with Crippen LogP contribution in [0.4, 0.5) is 0 Å². The predicted octanol–water partition coefficient (Wildman–Crippen LogP) is -1.44. The second kappa shape index (κ2) is 4.22. The van der Waals surface area contributed by atoms with E-state index in [4.69, 9.17) is 4.74 Å². The number of methoxy groups -OCH3 is 1. The summed E-state index contributed by atoms with van der Waals surface area (Å²) in [7, 11) is 1.28. The Bertz CT molecular complexity index is 222. The molecule has 0 spiro atoms. The summed E-state index contributed by atoms with van der Waals surface area (Å²) < 4.78 is 9.62. The number of amides is 1. The monoisotopic (exact) mass is 205 g/mol. The van der Waals surface area contributed by atoms with E-state index in [1.54, 1.807) is 0 Å². The Hall–Kier alpha value is -0.690. The van der Waals surface area contributed by atoms with Gasteiger partial charge in [-0.05, 0) is 0 Å². The van der Waals surface area contributed by atoms with Crippen molar-refractivity contribution in [3.8, 4) is 0 Å². The lowest BCUT2D eigenvalue weighted by molar-refractivity contribution is -0.377. The second-order valence-corrected chi connectivity index (χ2v) is 3.31. The largest absolute Gasteiger partial charge is 0.391 e. The molecule has 82 valence electrons. The van der Waals surface area contributed by atoms with E-state index >= 15 is 0 Å². The molecule has 1 rings (SSSR count). The first-order valence-corrected chi connectivity index (χ1v) is 4.33. The van der Waals surface area contributed by atoms with Gasteiger partial charge in [-0.3, -0.25) is 4.79 Å². The molecule has 0 aromatic rings. The molecule has 0 aliphatic carbocycles. The van der Waals surface area contributed by atoms with Crippen molar-refractivity contribution in [1.82, 2.24) is 5.32 Å². The summed E-state index contributed by atoms with van der Waals surface area (Å²) >= 11 is 0. The summed E-state index contributed by atoms with van der Waals surface area (Å²) in [5, 5.41) is 21.5. The van der Waals surface area contributed by atoms with E-state index in [2.05, 4.69) is 10.1 Å². The number of carbonyl (C=O) groups is 1. The highest BCUT2D eigenvalue weighted by Crippen LogP contribution is 2.23. The van der Waals surface area contributed by atoms with Crippen LogP contribution in [-0.4, -0.2) is 48.0 Å². The predicted molar refractivity (Wildman–Crippen MR) is 46.1 cm³/mol. The van der Waals surface area contributed by atoms with Crippen LogP contribution in [0.15, 0.2) is 0 Å². The van der Waals surface area contributed by atoms with Crippen molar-refractivity contribution in [1.29, 1.82) is 0 Å². The summed E-state index contributed by atoms with van der Waals surface area (Å²) in [5.41, 5.74) is 0. The number of carbonyl (C=O) groups excluding carboxylic acids is 1. The maximum absolute atomic E-state index is 10.7. The van der Waals surface area contributed by atoms with Gasteiger partial charge in [0.2, 0.25) is 5.91 Å². The molecule has 0 aromatic carbocycles. The standard InChI is InChI=1S/C8H15NO5/c1-5(10)9-6-4-14-8(12,13-2)3-7(6)11/h6-7,11-12H,3-4H2,1-2H3,(H,9,10). The smallest absolute Gasteiger partial charge is 0.282 e. The average molecular weight is 205 g/mol. The van der Waals surface area contributed by atoms with Gasteiger partial charge in [-0.2, -0.15) is 0 Å². The minimum atomic E-state index is -1.74. The lowest BCUT2D eigenvalue weighted by atomic mass is 10.0. The summed E-state index contributed by atoms with van der Waals surface area (Å²) in [6.07, 6.45) is -0.966. The zero-order valence-electron chi connectivity index (χ0n) is 8.19. The minimum absolute atomic E-state index is 0.0189. The maximum atomic E-state index is 10.7. The molecule has 0 radical (unpaired) electrons. The topological polar surface area (TPSA) is 88.0 Å². The third-order valence-electron chi connectivity index (χ3n) is 2.13. The molecule has 0 aromatic heterocycles. The fourth-order valence-corrected chi connectivity index (χ4v) is 1.34. The fourth-order valence-electron chi connectivity index (χ4n) is 1.34. The Morgan fingerprint density at radius 3 is 2.79 bits per heavy atom. The van der Waals surface area contributed by atoms with Gasteiger partial charge in [0.1, 0.15) is 0 Å².